The van der Waals surface area contributed by atoms with Gasteiger partial charge in [-0.2, -0.15) is 0 Å². The number of ether oxygens (including phenoxy) is 3. The van der Waals surface area contributed by atoms with E-state index >= 15 is 0 Å². The molecule has 12 nitrogen and oxygen atoms in total. The Morgan fingerprint density at radius 1 is 0.960 bits per heavy atom. The number of amides is 1. The number of carbonyl (C=O) groups excluding carboxylic acids is 5. The molecule has 0 saturated carbocycles. The predicted octanol–water partition coefficient (Wildman–Crippen LogP) is 4.09. The summed E-state index contributed by atoms with van der Waals surface area (Å²) in [6, 6.07) is 0. The summed E-state index contributed by atoms with van der Waals surface area (Å²) < 4.78 is 17.6. The number of phenols is 1. The zero-order valence-corrected chi connectivity index (χ0v) is 29.9. The van der Waals surface area contributed by atoms with Crippen LogP contribution in [0.4, 0.5) is 0 Å². The lowest BCUT2D eigenvalue weighted by atomic mass is 9.78. The van der Waals surface area contributed by atoms with E-state index in [0.717, 1.165) is 6.08 Å². The Balaban J connectivity index is 1.83. The van der Waals surface area contributed by atoms with Gasteiger partial charge in [-0.3, -0.25) is 24.0 Å². The van der Waals surface area contributed by atoms with Crippen LogP contribution in [0, 0.1) is 30.6 Å². The fourth-order valence-electron chi connectivity index (χ4n) is 6.93. The maximum atomic E-state index is 14.0. The topological polar surface area (TPSA) is 186 Å². The highest BCUT2D eigenvalue weighted by Crippen LogP contribution is 2.48. The van der Waals surface area contributed by atoms with Crippen molar-refractivity contribution in [3.05, 3.63) is 70.0 Å². The van der Waals surface area contributed by atoms with Crippen LogP contribution in [0.5, 0.6) is 11.5 Å². The second kappa shape index (κ2) is 14.8. The maximum Gasteiger partial charge on any atom is 0.302 e. The molecule has 0 saturated heterocycles. The summed E-state index contributed by atoms with van der Waals surface area (Å²) in [5.74, 6) is -6.25. The van der Waals surface area contributed by atoms with Gasteiger partial charge in [-0.25, -0.2) is 0 Å². The van der Waals surface area contributed by atoms with E-state index in [1.807, 2.05) is 0 Å². The highest BCUT2D eigenvalue weighted by Gasteiger charge is 2.49. The lowest BCUT2D eigenvalue weighted by molar-refractivity contribution is -0.160. The Morgan fingerprint density at radius 3 is 2.24 bits per heavy atom. The van der Waals surface area contributed by atoms with E-state index in [4.69, 9.17) is 14.2 Å². The number of rotatable bonds is 2. The third-order valence-corrected chi connectivity index (χ3v) is 10.2. The highest BCUT2D eigenvalue weighted by atomic mass is 16.5. The summed E-state index contributed by atoms with van der Waals surface area (Å²) in [7, 11) is 1.48. The van der Waals surface area contributed by atoms with Crippen molar-refractivity contribution >= 4 is 29.2 Å². The number of nitrogens with one attached hydrogen (secondary N) is 1. The fraction of sp³-hybridized carbons (Fsp3) is 0.500. The smallest absolute Gasteiger partial charge is 0.302 e. The van der Waals surface area contributed by atoms with Crippen LogP contribution in [0.2, 0.25) is 0 Å². The van der Waals surface area contributed by atoms with Gasteiger partial charge >= 0.3 is 5.97 Å². The zero-order chi connectivity index (χ0) is 37.4. The lowest BCUT2D eigenvalue weighted by Crippen LogP contribution is -2.46. The number of allylic oxidation sites excluding steroid dienone is 4. The average molecular weight is 694 g/mol. The molecule has 0 radical (unpaired) electrons. The van der Waals surface area contributed by atoms with Crippen LogP contribution in [-0.2, 0) is 19.1 Å². The van der Waals surface area contributed by atoms with Gasteiger partial charge in [0.1, 0.15) is 17.6 Å². The number of ketones is 3. The minimum atomic E-state index is -1.53. The Kier molecular flexibility index (Phi) is 11.4. The zero-order valence-electron chi connectivity index (χ0n) is 29.9. The molecule has 1 aliphatic carbocycles. The Bertz CT molecular complexity index is 1720. The molecule has 4 aliphatic rings. The molecular weight excluding hydrogens is 646 g/mol. The van der Waals surface area contributed by atoms with Crippen molar-refractivity contribution in [2.75, 3.05) is 7.11 Å². The molecule has 3 heterocycles. The van der Waals surface area contributed by atoms with Crippen molar-refractivity contribution in [2.24, 2.45) is 23.7 Å². The Hall–Kier alpha value is -4.39. The molecule has 50 heavy (non-hydrogen) atoms. The first-order valence-electron chi connectivity index (χ1n) is 16.7. The summed E-state index contributed by atoms with van der Waals surface area (Å²) in [5.41, 5.74) is -2.45. The second-order valence-electron chi connectivity index (χ2n) is 13.9. The lowest BCUT2D eigenvalue weighted by Gasteiger charge is -2.38. The number of methoxy groups -OCH3 is 1. The van der Waals surface area contributed by atoms with Crippen LogP contribution < -0.4 is 10.1 Å². The molecule has 0 fully saturated rings. The normalized spacial score (nSPS) is 32.3. The average Bonchev–Trinajstić information content (AvgIpc) is 3.33. The molecule has 1 amide bonds. The van der Waals surface area contributed by atoms with E-state index in [-0.39, 0.29) is 40.1 Å². The third-order valence-electron chi connectivity index (χ3n) is 10.2. The number of hydrogen-bond donors (Lipinski definition) is 4. The number of aliphatic hydroxyl groups is 2. The first kappa shape index (κ1) is 38.4. The summed E-state index contributed by atoms with van der Waals surface area (Å²) >= 11 is 0. The largest absolute Gasteiger partial charge is 0.507 e. The Morgan fingerprint density at radius 2 is 1.62 bits per heavy atom. The second-order valence-corrected chi connectivity index (χ2v) is 13.9. The van der Waals surface area contributed by atoms with Crippen LogP contribution in [-0.4, -0.2) is 81.7 Å². The summed E-state index contributed by atoms with van der Waals surface area (Å²) in [6.07, 6.45) is 5.35. The molecule has 0 aromatic heterocycles. The van der Waals surface area contributed by atoms with Crippen molar-refractivity contribution in [1.29, 1.82) is 0 Å². The predicted molar refractivity (Wildman–Crippen MR) is 183 cm³/mol. The van der Waals surface area contributed by atoms with Gasteiger partial charge in [0.2, 0.25) is 11.6 Å². The summed E-state index contributed by atoms with van der Waals surface area (Å²) in [6.45, 7) is 12.7. The van der Waals surface area contributed by atoms with Crippen LogP contribution in [0.25, 0.3) is 0 Å². The van der Waals surface area contributed by atoms with E-state index in [1.54, 1.807) is 52.0 Å². The number of fused-ring (bicyclic) bond motifs is 14. The van der Waals surface area contributed by atoms with Gasteiger partial charge in [0, 0.05) is 61.3 Å². The molecule has 5 rings (SSSR count). The molecule has 1 aromatic carbocycles. The van der Waals surface area contributed by atoms with Gasteiger partial charge in [0.15, 0.2) is 11.4 Å². The van der Waals surface area contributed by atoms with Gasteiger partial charge in [0.05, 0.1) is 40.7 Å². The minimum absolute atomic E-state index is 0.00198. The Labute approximate surface area is 291 Å². The van der Waals surface area contributed by atoms with Crippen LogP contribution >= 0.6 is 0 Å². The number of benzene rings is 1. The van der Waals surface area contributed by atoms with Gasteiger partial charge in [-0.15, -0.1) is 0 Å². The quantitative estimate of drug-likeness (QED) is 0.258. The van der Waals surface area contributed by atoms with Crippen molar-refractivity contribution in [1.82, 2.24) is 5.32 Å². The number of aliphatic hydroxyl groups excluding tert-OH is 2. The van der Waals surface area contributed by atoms with E-state index in [2.05, 4.69) is 5.32 Å². The molecule has 3 aliphatic heterocycles. The number of aromatic hydroxyl groups is 1. The van der Waals surface area contributed by atoms with Crippen molar-refractivity contribution in [3.63, 3.8) is 0 Å². The number of Topliss-reactive ketones (excluding diaryl/α,β-unsaturated/α-hetero) is 2. The van der Waals surface area contributed by atoms with Crippen LogP contribution in [0.15, 0.2) is 47.7 Å². The van der Waals surface area contributed by atoms with E-state index < -0.39 is 94.2 Å². The number of hydrogen-bond acceptors (Lipinski definition) is 11. The molecule has 270 valence electrons. The van der Waals surface area contributed by atoms with Gasteiger partial charge < -0.3 is 34.8 Å². The number of phenolic OH excluding ortho intramolecular Hbond substituents is 1. The van der Waals surface area contributed by atoms with E-state index in [0.29, 0.717) is 0 Å². The first-order valence-corrected chi connectivity index (χ1v) is 16.7. The van der Waals surface area contributed by atoms with Crippen LogP contribution in [0.1, 0.15) is 91.5 Å². The maximum absolute atomic E-state index is 14.0. The first-order chi connectivity index (χ1) is 23.4. The standard InChI is InChI=1S/C38H47NO11/c1-17-12-10-13-18(2)37(47)39-24-16-25(41)27-28(33(24)45)32(44)22(6)35-29(27)36(46)38(8,50-35)15-11-14-26(48-9)19(3)34(49-23(7)40)21(5)31(43)20(4)30(17)42/h10-14,16-17,19-21,26,30-31,34,42-44H,15H2,1-9H3,(H,39,47)/t17-,19+,20+,21+,26-,30-,31+,34+,38-/m0/s1. The monoisotopic (exact) mass is 693 g/mol. The van der Waals surface area contributed by atoms with Gasteiger partial charge in [0.25, 0.3) is 5.91 Å². The molecule has 0 spiro atoms. The molecule has 12 heteroatoms. The summed E-state index contributed by atoms with van der Waals surface area (Å²) in [4.78, 5) is 66.5. The van der Waals surface area contributed by atoms with Crippen molar-refractivity contribution in [2.45, 2.75) is 91.8 Å². The van der Waals surface area contributed by atoms with Crippen molar-refractivity contribution in [3.8, 4) is 11.5 Å². The highest BCUT2D eigenvalue weighted by molar-refractivity contribution is 6.31. The molecule has 0 unspecified atom stereocenters. The summed E-state index contributed by atoms with van der Waals surface area (Å²) in [5, 5.41) is 36.2. The SMILES string of the molecule is CO[C@H]1C=CC[C@]2(C)Oc3c(C)c(O)c4c(c3C2=O)C(=O)C=C(NC(=O)C(C)=CC=C[C@H](C)[C@H](O)[C@@H](C)[C@@H](O)[C@@H](C)[C@H](OC(C)=O)[C@@H]1C)C4=O. The van der Waals surface area contributed by atoms with Crippen LogP contribution in [0.3, 0.4) is 0 Å². The minimum Gasteiger partial charge on any atom is -0.507 e. The third kappa shape index (κ3) is 7.10. The van der Waals surface area contributed by atoms with Crippen molar-refractivity contribution < 1.29 is 53.5 Å². The van der Waals surface area contributed by atoms with Gasteiger partial charge in [-0.1, -0.05) is 58.1 Å². The number of esters is 1. The molecule has 9 atom stereocenters. The molecular formula is C38H47NO11. The molecule has 5 bridgehead atoms. The van der Waals surface area contributed by atoms with E-state index in [1.165, 1.54) is 40.9 Å². The van der Waals surface area contributed by atoms with Gasteiger partial charge in [-0.05, 0) is 20.8 Å². The molecule has 4 N–H and O–H groups in total. The number of carbonyl (C=O) groups is 5. The molecule has 1 aromatic rings. The van der Waals surface area contributed by atoms with E-state index in [9.17, 15) is 39.3 Å². The fourth-order valence-corrected chi connectivity index (χ4v) is 6.93.